The van der Waals surface area contributed by atoms with E-state index in [0.717, 1.165) is 6.61 Å². The van der Waals surface area contributed by atoms with E-state index in [0.29, 0.717) is 5.41 Å². The van der Waals surface area contributed by atoms with E-state index in [1.54, 1.807) is 0 Å². The third-order valence-corrected chi connectivity index (χ3v) is 4.52. The van der Waals surface area contributed by atoms with Gasteiger partial charge in [-0.05, 0) is 38.5 Å². The predicted molar refractivity (Wildman–Crippen MR) is 56.1 cm³/mol. The van der Waals surface area contributed by atoms with Gasteiger partial charge in [-0.2, -0.15) is 0 Å². The minimum Gasteiger partial charge on any atom is -0.360 e. The largest absolute Gasteiger partial charge is 0.360 e. The molecule has 0 atom stereocenters. The van der Waals surface area contributed by atoms with Gasteiger partial charge in [0.15, 0.2) is 0 Å². The van der Waals surface area contributed by atoms with Crippen molar-refractivity contribution in [3.8, 4) is 0 Å². The van der Waals surface area contributed by atoms with Crippen molar-refractivity contribution in [1.29, 1.82) is 0 Å². The molecule has 1 heterocycles. The first-order valence-corrected chi connectivity index (χ1v) is 6.22. The highest BCUT2D eigenvalue weighted by Crippen LogP contribution is 2.44. The summed E-state index contributed by atoms with van der Waals surface area (Å²) in [7, 11) is 0. The van der Waals surface area contributed by atoms with Crippen molar-refractivity contribution in [1.82, 2.24) is 5.32 Å². The van der Waals surface area contributed by atoms with E-state index in [-0.39, 0.29) is 5.72 Å². The summed E-state index contributed by atoms with van der Waals surface area (Å²) in [6.45, 7) is 2.24. The molecule has 80 valence electrons. The van der Waals surface area contributed by atoms with Crippen LogP contribution >= 0.6 is 0 Å². The normalized spacial score (nSPS) is 34.3. The molecule has 1 aliphatic heterocycles. The summed E-state index contributed by atoms with van der Waals surface area (Å²) in [4.78, 5) is 0. The monoisotopic (exact) mass is 195 g/mol. The molecule has 3 aliphatic rings. The summed E-state index contributed by atoms with van der Waals surface area (Å²) >= 11 is 0. The van der Waals surface area contributed by atoms with Crippen LogP contribution in [0.5, 0.6) is 0 Å². The maximum absolute atomic E-state index is 6.15. The van der Waals surface area contributed by atoms with Crippen LogP contribution in [-0.2, 0) is 4.74 Å². The first-order valence-electron chi connectivity index (χ1n) is 6.22. The van der Waals surface area contributed by atoms with Gasteiger partial charge in [-0.3, -0.25) is 5.32 Å². The Morgan fingerprint density at radius 1 is 0.857 bits per heavy atom. The lowest BCUT2D eigenvalue weighted by molar-refractivity contribution is -0.139. The summed E-state index contributed by atoms with van der Waals surface area (Å²) in [6, 6.07) is 0. The number of rotatable bonds is 0. The Kier molecular flexibility index (Phi) is 2.10. The standard InChI is InChI=1S/C12H21NO/c1-2-6-11(5-1)9-13-12(14-10-11)7-3-4-8-12/h13H,1-10H2. The average Bonchev–Trinajstić information content (AvgIpc) is 2.81. The van der Waals surface area contributed by atoms with E-state index in [4.69, 9.17) is 4.74 Å². The van der Waals surface area contributed by atoms with Gasteiger partial charge in [-0.15, -0.1) is 0 Å². The van der Waals surface area contributed by atoms with Gasteiger partial charge in [0.05, 0.1) is 6.61 Å². The number of hydrogen-bond donors (Lipinski definition) is 1. The predicted octanol–water partition coefficient (Wildman–Crippen LogP) is 2.44. The maximum Gasteiger partial charge on any atom is 0.119 e. The Labute approximate surface area is 86.4 Å². The lowest BCUT2D eigenvalue weighted by Gasteiger charge is -2.44. The van der Waals surface area contributed by atoms with Crippen LogP contribution in [0, 0.1) is 5.41 Å². The second-order valence-electron chi connectivity index (χ2n) is 5.55. The van der Waals surface area contributed by atoms with Crippen molar-refractivity contribution in [2.75, 3.05) is 13.2 Å². The van der Waals surface area contributed by atoms with E-state index in [1.807, 2.05) is 0 Å². The molecule has 2 heteroatoms. The van der Waals surface area contributed by atoms with E-state index in [2.05, 4.69) is 5.32 Å². The Morgan fingerprint density at radius 2 is 1.50 bits per heavy atom. The van der Waals surface area contributed by atoms with E-state index < -0.39 is 0 Å². The zero-order valence-corrected chi connectivity index (χ0v) is 8.98. The second kappa shape index (κ2) is 3.21. The highest BCUT2D eigenvalue weighted by Gasteiger charge is 2.45. The number of hydrogen-bond acceptors (Lipinski definition) is 2. The van der Waals surface area contributed by atoms with Gasteiger partial charge in [0.2, 0.25) is 0 Å². The fourth-order valence-electron chi connectivity index (χ4n) is 3.46. The molecule has 3 rings (SSSR count). The van der Waals surface area contributed by atoms with E-state index >= 15 is 0 Å². The summed E-state index contributed by atoms with van der Waals surface area (Å²) in [5.41, 5.74) is 0.627. The molecule has 2 saturated carbocycles. The molecule has 1 N–H and O–H groups in total. The quantitative estimate of drug-likeness (QED) is 0.641. The Morgan fingerprint density at radius 3 is 2.07 bits per heavy atom. The highest BCUT2D eigenvalue weighted by molar-refractivity contribution is 4.96. The Hall–Kier alpha value is -0.0800. The van der Waals surface area contributed by atoms with Crippen LogP contribution in [0.3, 0.4) is 0 Å². The SMILES string of the molecule is C1CCC2(C1)CNC1(CCCC1)OC2. The van der Waals surface area contributed by atoms with Gasteiger partial charge in [0.25, 0.3) is 0 Å². The van der Waals surface area contributed by atoms with Gasteiger partial charge in [0.1, 0.15) is 5.72 Å². The molecule has 2 aliphatic carbocycles. The molecule has 0 aromatic rings. The summed E-state index contributed by atoms with van der Waals surface area (Å²) in [5.74, 6) is 0. The molecule has 0 bridgehead atoms. The molecule has 3 fully saturated rings. The molecule has 2 nitrogen and oxygen atoms in total. The fourth-order valence-corrected chi connectivity index (χ4v) is 3.46. The van der Waals surface area contributed by atoms with Crippen LogP contribution < -0.4 is 5.32 Å². The molecule has 0 aromatic carbocycles. The molecule has 0 radical (unpaired) electrons. The molecule has 0 aromatic heterocycles. The van der Waals surface area contributed by atoms with E-state index in [1.165, 1.54) is 57.9 Å². The zero-order valence-electron chi connectivity index (χ0n) is 8.98. The Bertz CT molecular complexity index is 178. The van der Waals surface area contributed by atoms with Crippen LogP contribution in [0.1, 0.15) is 51.4 Å². The van der Waals surface area contributed by atoms with E-state index in [9.17, 15) is 0 Å². The van der Waals surface area contributed by atoms with Crippen LogP contribution in [0.2, 0.25) is 0 Å². The molecule has 0 unspecified atom stereocenters. The third kappa shape index (κ3) is 1.40. The van der Waals surface area contributed by atoms with Crippen molar-refractivity contribution in [3.63, 3.8) is 0 Å². The van der Waals surface area contributed by atoms with Crippen molar-refractivity contribution in [2.45, 2.75) is 57.1 Å². The molecular weight excluding hydrogens is 174 g/mol. The zero-order chi connectivity index (χ0) is 9.49. The van der Waals surface area contributed by atoms with Crippen molar-refractivity contribution < 1.29 is 4.74 Å². The first-order chi connectivity index (χ1) is 6.83. The lowest BCUT2D eigenvalue weighted by Crippen LogP contribution is -2.56. The maximum atomic E-state index is 6.15. The number of ether oxygens (including phenoxy) is 1. The lowest BCUT2D eigenvalue weighted by atomic mass is 9.85. The van der Waals surface area contributed by atoms with Crippen molar-refractivity contribution >= 4 is 0 Å². The third-order valence-electron chi connectivity index (χ3n) is 4.52. The average molecular weight is 195 g/mol. The Balaban J connectivity index is 1.66. The smallest absolute Gasteiger partial charge is 0.119 e. The minimum absolute atomic E-state index is 0.105. The molecule has 1 saturated heterocycles. The van der Waals surface area contributed by atoms with Gasteiger partial charge >= 0.3 is 0 Å². The summed E-state index contributed by atoms with van der Waals surface area (Å²) in [5, 5.41) is 3.70. The van der Waals surface area contributed by atoms with Crippen molar-refractivity contribution in [3.05, 3.63) is 0 Å². The van der Waals surface area contributed by atoms with Gasteiger partial charge in [-0.1, -0.05) is 12.8 Å². The molecule has 2 spiro atoms. The van der Waals surface area contributed by atoms with Gasteiger partial charge in [-0.25, -0.2) is 0 Å². The summed E-state index contributed by atoms with van der Waals surface area (Å²) in [6.07, 6.45) is 10.8. The van der Waals surface area contributed by atoms with Gasteiger partial charge in [0, 0.05) is 12.0 Å². The first kappa shape index (κ1) is 9.17. The molecular formula is C12H21NO. The topological polar surface area (TPSA) is 21.3 Å². The second-order valence-corrected chi connectivity index (χ2v) is 5.55. The van der Waals surface area contributed by atoms with Crippen LogP contribution in [0.15, 0.2) is 0 Å². The summed E-state index contributed by atoms with van der Waals surface area (Å²) < 4.78 is 6.15. The number of nitrogens with one attached hydrogen (secondary N) is 1. The van der Waals surface area contributed by atoms with Crippen LogP contribution in [0.25, 0.3) is 0 Å². The highest BCUT2D eigenvalue weighted by atomic mass is 16.5. The van der Waals surface area contributed by atoms with Crippen LogP contribution in [0.4, 0.5) is 0 Å². The minimum atomic E-state index is 0.105. The molecule has 0 amide bonds. The van der Waals surface area contributed by atoms with Crippen molar-refractivity contribution in [2.24, 2.45) is 5.41 Å². The van der Waals surface area contributed by atoms with Gasteiger partial charge < -0.3 is 4.74 Å². The van der Waals surface area contributed by atoms with Crippen LogP contribution in [-0.4, -0.2) is 18.9 Å². The molecule has 14 heavy (non-hydrogen) atoms. The fraction of sp³-hybridized carbons (Fsp3) is 1.00.